The lowest BCUT2D eigenvalue weighted by atomic mass is 10.1. The van der Waals surface area contributed by atoms with Crippen LogP contribution in [0.25, 0.3) is 10.9 Å². The van der Waals surface area contributed by atoms with E-state index in [0.29, 0.717) is 18.7 Å². The Labute approximate surface area is 204 Å². The summed E-state index contributed by atoms with van der Waals surface area (Å²) in [5.74, 6) is -1.73. The molecule has 2 aromatic carbocycles. The van der Waals surface area contributed by atoms with E-state index in [9.17, 15) is 18.4 Å². The molecule has 1 saturated heterocycles. The van der Waals surface area contributed by atoms with Crippen molar-refractivity contribution in [1.29, 1.82) is 0 Å². The lowest BCUT2D eigenvalue weighted by Gasteiger charge is -2.28. The van der Waals surface area contributed by atoms with E-state index in [-0.39, 0.29) is 22.6 Å². The van der Waals surface area contributed by atoms with Crippen LogP contribution in [-0.2, 0) is 4.74 Å². The smallest absolute Gasteiger partial charge is 0.323 e. The van der Waals surface area contributed by atoms with Crippen LogP contribution >= 0.6 is 0 Å². The first kappa shape index (κ1) is 23.3. The van der Waals surface area contributed by atoms with Crippen LogP contribution in [0.2, 0.25) is 0 Å². The predicted molar refractivity (Wildman–Crippen MR) is 131 cm³/mol. The van der Waals surface area contributed by atoms with Crippen molar-refractivity contribution >= 4 is 39.8 Å². The number of carbonyl (C=O) groups is 2. The second-order valence-corrected chi connectivity index (χ2v) is 8.20. The van der Waals surface area contributed by atoms with Gasteiger partial charge in [0.25, 0.3) is 0 Å². The van der Waals surface area contributed by atoms with E-state index in [2.05, 4.69) is 25.5 Å². The average Bonchev–Trinajstić information content (AvgIpc) is 2.87. The highest BCUT2D eigenvalue weighted by atomic mass is 19.1. The number of ether oxygens (including phenoxy) is 1. The summed E-state index contributed by atoms with van der Waals surface area (Å²) >= 11 is 0. The number of carbonyl (C=O) groups excluding carboxylic acids is 2. The molecule has 182 valence electrons. The fraction of sp³-hybridized carbons (Fsp3) is 0.154. The number of hydrogen-bond donors (Lipinski definition) is 2. The number of nitrogens with zero attached hydrogens (tertiary/aromatic N) is 3. The minimum Gasteiger partial charge on any atom is -0.378 e. The van der Waals surface area contributed by atoms with E-state index >= 15 is 0 Å². The number of morpholine rings is 1. The lowest BCUT2D eigenvalue weighted by molar-refractivity contribution is 0.103. The fourth-order valence-electron chi connectivity index (χ4n) is 3.94. The van der Waals surface area contributed by atoms with Gasteiger partial charge in [0.1, 0.15) is 17.3 Å². The van der Waals surface area contributed by atoms with Crippen LogP contribution in [0.15, 0.2) is 67.0 Å². The maximum atomic E-state index is 14.3. The SMILES string of the molecule is O=C(Nc1cccc(F)c1)Nc1cc(F)cc(C(=O)c2cc3cc(N4CCOCC4)cnc3cn2)c1. The Morgan fingerprint density at radius 3 is 2.44 bits per heavy atom. The maximum Gasteiger partial charge on any atom is 0.323 e. The highest BCUT2D eigenvalue weighted by molar-refractivity contribution is 6.10. The van der Waals surface area contributed by atoms with Crippen molar-refractivity contribution in [3.05, 3.63) is 89.9 Å². The molecule has 1 fully saturated rings. The van der Waals surface area contributed by atoms with Crippen molar-refractivity contribution in [3.63, 3.8) is 0 Å². The van der Waals surface area contributed by atoms with Gasteiger partial charge in [-0.3, -0.25) is 14.8 Å². The third-order valence-electron chi connectivity index (χ3n) is 5.66. The highest BCUT2D eigenvalue weighted by Gasteiger charge is 2.17. The van der Waals surface area contributed by atoms with E-state index in [1.807, 2.05) is 6.07 Å². The van der Waals surface area contributed by atoms with Gasteiger partial charge in [-0.15, -0.1) is 0 Å². The minimum atomic E-state index is -0.713. The standard InChI is InChI=1S/C26H21F2N5O3/c27-18-2-1-3-20(12-18)31-26(35)32-21-9-17(8-19(28)13-21)25(34)23-11-16-10-22(14-29-24(16)15-30-23)33-4-6-36-7-5-33/h1-3,8-15H,4-7H2,(H2,31,32,35). The van der Waals surface area contributed by atoms with Crippen LogP contribution in [0.5, 0.6) is 0 Å². The quantitative estimate of drug-likeness (QED) is 0.397. The van der Waals surface area contributed by atoms with Gasteiger partial charge in [0.15, 0.2) is 0 Å². The first-order valence-corrected chi connectivity index (χ1v) is 11.2. The third-order valence-corrected chi connectivity index (χ3v) is 5.66. The topological polar surface area (TPSA) is 96.5 Å². The highest BCUT2D eigenvalue weighted by Crippen LogP contribution is 2.23. The van der Waals surface area contributed by atoms with Crippen LogP contribution in [0.4, 0.5) is 30.6 Å². The zero-order chi connectivity index (χ0) is 25.1. The second kappa shape index (κ2) is 10.0. The van der Waals surface area contributed by atoms with Crippen molar-refractivity contribution in [2.24, 2.45) is 0 Å². The summed E-state index contributed by atoms with van der Waals surface area (Å²) in [6, 6.07) is 11.7. The molecule has 0 atom stereocenters. The number of nitrogens with one attached hydrogen (secondary N) is 2. The number of rotatable bonds is 5. The van der Waals surface area contributed by atoms with Gasteiger partial charge in [-0.25, -0.2) is 13.6 Å². The molecule has 0 unspecified atom stereocenters. The Morgan fingerprint density at radius 2 is 1.64 bits per heavy atom. The van der Waals surface area contributed by atoms with Gasteiger partial charge in [-0.1, -0.05) is 6.07 Å². The Balaban J connectivity index is 1.36. The first-order chi connectivity index (χ1) is 17.4. The molecule has 2 aromatic heterocycles. The molecule has 0 aliphatic carbocycles. The Hall–Kier alpha value is -4.44. The molecule has 0 saturated carbocycles. The number of anilines is 3. The van der Waals surface area contributed by atoms with Crippen LogP contribution in [-0.4, -0.2) is 48.1 Å². The van der Waals surface area contributed by atoms with Crippen molar-refractivity contribution in [2.45, 2.75) is 0 Å². The van der Waals surface area contributed by atoms with Crippen molar-refractivity contribution in [1.82, 2.24) is 9.97 Å². The fourth-order valence-corrected chi connectivity index (χ4v) is 3.94. The molecule has 5 rings (SSSR count). The van der Waals surface area contributed by atoms with Gasteiger partial charge in [0.05, 0.1) is 36.8 Å². The summed E-state index contributed by atoms with van der Waals surface area (Å²) in [4.78, 5) is 36.2. The predicted octanol–water partition coefficient (Wildman–Crippen LogP) is 4.62. The molecule has 10 heteroatoms. The monoisotopic (exact) mass is 489 g/mol. The van der Waals surface area contributed by atoms with Crippen LogP contribution in [0, 0.1) is 11.6 Å². The van der Waals surface area contributed by atoms with E-state index in [1.165, 1.54) is 30.5 Å². The summed E-state index contributed by atoms with van der Waals surface area (Å²) in [5, 5.41) is 5.64. The van der Waals surface area contributed by atoms with E-state index in [1.54, 1.807) is 12.3 Å². The van der Waals surface area contributed by atoms with Crippen LogP contribution in [0.3, 0.4) is 0 Å². The molecule has 0 spiro atoms. The lowest BCUT2D eigenvalue weighted by Crippen LogP contribution is -2.36. The van der Waals surface area contributed by atoms with E-state index < -0.39 is 23.4 Å². The van der Waals surface area contributed by atoms with E-state index in [0.717, 1.165) is 42.4 Å². The number of ketones is 1. The molecule has 36 heavy (non-hydrogen) atoms. The zero-order valence-corrected chi connectivity index (χ0v) is 19.0. The third kappa shape index (κ3) is 5.28. The number of amides is 2. The zero-order valence-electron chi connectivity index (χ0n) is 19.0. The van der Waals surface area contributed by atoms with Crippen molar-refractivity contribution in [2.75, 3.05) is 41.8 Å². The Kier molecular flexibility index (Phi) is 6.50. The summed E-state index contributed by atoms with van der Waals surface area (Å²) < 4.78 is 33.1. The molecule has 4 aromatic rings. The molecule has 2 amide bonds. The molecular formula is C26H21F2N5O3. The molecule has 2 N–H and O–H groups in total. The molecule has 1 aliphatic rings. The average molecular weight is 489 g/mol. The van der Waals surface area contributed by atoms with Gasteiger partial charge in [-0.2, -0.15) is 0 Å². The number of aromatic nitrogens is 2. The van der Waals surface area contributed by atoms with Gasteiger partial charge in [-0.05, 0) is 48.5 Å². The molecule has 0 bridgehead atoms. The number of hydrogen-bond acceptors (Lipinski definition) is 6. The summed E-state index contributed by atoms with van der Waals surface area (Å²) in [6.07, 6.45) is 3.26. The summed E-state index contributed by atoms with van der Waals surface area (Å²) in [6.45, 7) is 2.76. The Bertz CT molecular complexity index is 1460. The molecular weight excluding hydrogens is 468 g/mol. The summed E-state index contributed by atoms with van der Waals surface area (Å²) in [7, 11) is 0. The van der Waals surface area contributed by atoms with Crippen LogP contribution in [0.1, 0.15) is 16.1 Å². The van der Waals surface area contributed by atoms with Gasteiger partial charge in [0, 0.05) is 35.4 Å². The number of halogens is 2. The van der Waals surface area contributed by atoms with E-state index in [4.69, 9.17) is 4.74 Å². The van der Waals surface area contributed by atoms with Crippen LogP contribution < -0.4 is 15.5 Å². The van der Waals surface area contributed by atoms with Gasteiger partial charge >= 0.3 is 6.03 Å². The largest absolute Gasteiger partial charge is 0.378 e. The Morgan fingerprint density at radius 1 is 0.861 bits per heavy atom. The minimum absolute atomic E-state index is 0.0141. The summed E-state index contributed by atoms with van der Waals surface area (Å²) in [5.41, 5.74) is 1.95. The second-order valence-electron chi connectivity index (χ2n) is 8.20. The molecule has 0 radical (unpaired) electrons. The number of fused-ring (bicyclic) bond motifs is 1. The number of benzene rings is 2. The van der Waals surface area contributed by atoms with Crippen molar-refractivity contribution < 1.29 is 23.1 Å². The molecule has 3 heterocycles. The van der Waals surface area contributed by atoms with Gasteiger partial charge in [0.2, 0.25) is 5.78 Å². The number of pyridine rings is 2. The van der Waals surface area contributed by atoms with Crippen molar-refractivity contribution in [3.8, 4) is 0 Å². The normalized spacial score (nSPS) is 13.4. The maximum absolute atomic E-state index is 14.3. The molecule has 8 nitrogen and oxygen atoms in total. The molecule has 1 aliphatic heterocycles. The first-order valence-electron chi connectivity index (χ1n) is 11.2. The van der Waals surface area contributed by atoms with Gasteiger partial charge < -0.3 is 20.3 Å². The number of urea groups is 1.